The largest absolute Gasteiger partial charge is 0.295 e. The molecule has 0 atom stereocenters. The summed E-state index contributed by atoms with van der Waals surface area (Å²) in [4.78, 5) is 2.79. The van der Waals surface area contributed by atoms with E-state index in [0.29, 0.717) is 0 Å². The first-order valence-electron chi connectivity index (χ1n) is 9.45. The van der Waals surface area contributed by atoms with Crippen LogP contribution in [0.25, 0.3) is 0 Å². The zero-order valence-electron chi connectivity index (χ0n) is 14.5. The summed E-state index contributed by atoms with van der Waals surface area (Å²) in [5.41, 5.74) is 3.02. The van der Waals surface area contributed by atoms with Gasteiger partial charge in [0.25, 0.3) is 0 Å². The SMILES string of the molecule is c1ccc(CNC23CCCC(CCC2)N3Cc2ccccc2)cc1. The molecule has 2 aromatic carbocycles. The molecular weight excluding hydrogens is 292 g/mol. The quantitative estimate of drug-likeness (QED) is 0.858. The van der Waals surface area contributed by atoms with Gasteiger partial charge in [0, 0.05) is 19.1 Å². The fourth-order valence-electron chi connectivity index (χ4n) is 4.68. The highest BCUT2D eigenvalue weighted by Crippen LogP contribution is 2.41. The second kappa shape index (κ2) is 7.08. The molecule has 0 saturated carbocycles. The Labute approximate surface area is 145 Å². The van der Waals surface area contributed by atoms with Crippen molar-refractivity contribution in [2.75, 3.05) is 0 Å². The van der Waals surface area contributed by atoms with Gasteiger partial charge in [0.1, 0.15) is 0 Å². The van der Waals surface area contributed by atoms with Gasteiger partial charge in [0.05, 0.1) is 5.66 Å². The minimum atomic E-state index is 0.187. The normalized spacial score (nSPS) is 27.1. The summed E-state index contributed by atoms with van der Waals surface area (Å²) >= 11 is 0. The molecule has 0 aromatic heterocycles. The lowest BCUT2D eigenvalue weighted by atomic mass is 9.79. The molecule has 2 aromatic rings. The molecule has 1 N–H and O–H groups in total. The van der Waals surface area contributed by atoms with E-state index in [4.69, 9.17) is 0 Å². The van der Waals surface area contributed by atoms with Crippen LogP contribution in [-0.2, 0) is 13.1 Å². The molecule has 0 aliphatic carbocycles. The van der Waals surface area contributed by atoms with E-state index in [1.165, 1.54) is 49.7 Å². The summed E-state index contributed by atoms with van der Waals surface area (Å²) in [6.07, 6.45) is 8.00. The van der Waals surface area contributed by atoms with E-state index in [1.807, 2.05) is 0 Å². The number of fused-ring (bicyclic) bond motifs is 2. The van der Waals surface area contributed by atoms with Gasteiger partial charge in [-0.1, -0.05) is 60.7 Å². The topological polar surface area (TPSA) is 15.3 Å². The average Bonchev–Trinajstić information content (AvgIpc) is 2.62. The van der Waals surface area contributed by atoms with Gasteiger partial charge < -0.3 is 0 Å². The number of piperidine rings is 2. The fraction of sp³-hybridized carbons (Fsp3) is 0.455. The Hall–Kier alpha value is -1.64. The van der Waals surface area contributed by atoms with Crippen LogP contribution >= 0.6 is 0 Å². The molecule has 2 aliphatic rings. The Morgan fingerprint density at radius 3 is 2.04 bits per heavy atom. The van der Waals surface area contributed by atoms with E-state index >= 15 is 0 Å². The second-order valence-corrected chi connectivity index (χ2v) is 7.42. The van der Waals surface area contributed by atoms with Gasteiger partial charge in [-0.05, 0) is 49.7 Å². The maximum Gasteiger partial charge on any atom is 0.0720 e. The Bertz CT molecular complexity index is 628. The lowest BCUT2D eigenvalue weighted by Gasteiger charge is -2.55. The molecule has 0 amide bonds. The van der Waals surface area contributed by atoms with Crippen LogP contribution in [0.1, 0.15) is 49.7 Å². The third kappa shape index (κ3) is 3.26. The molecule has 0 radical (unpaired) electrons. The molecule has 0 unspecified atom stereocenters. The van der Waals surface area contributed by atoms with Gasteiger partial charge in [-0.3, -0.25) is 10.2 Å². The zero-order chi connectivity index (χ0) is 16.2. The highest BCUT2D eigenvalue weighted by atomic mass is 15.4. The number of benzene rings is 2. The first-order chi connectivity index (χ1) is 11.9. The van der Waals surface area contributed by atoms with Crippen molar-refractivity contribution in [2.24, 2.45) is 0 Å². The third-order valence-electron chi connectivity index (χ3n) is 5.91. The van der Waals surface area contributed by atoms with E-state index in [2.05, 4.69) is 70.9 Å². The van der Waals surface area contributed by atoms with Crippen LogP contribution < -0.4 is 5.32 Å². The molecule has 2 bridgehead atoms. The van der Waals surface area contributed by atoms with Gasteiger partial charge in [-0.25, -0.2) is 0 Å². The maximum absolute atomic E-state index is 3.98. The van der Waals surface area contributed by atoms with E-state index in [0.717, 1.165) is 19.1 Å². The summed E-state index contributed by atoms with van der Waals surface area (Å²) in [6, 6.07) is 22.6. The summed E-state index contributed by atoms with van der Waals surface area (Å²) in [6.45, 7) is 2.05. The van der Waals surface area contributed by atoms with Crippen molar-refractivity contribution in [3.8, 4) is 0 Å². The van der Waals surface area contributed by atoms with Gasteiger partial charge in [-0.2, -0.15) is 0 Å². The van der Waals surface area contributed by atoms with Crippen molar-refractivity contribution in [3.05, 3.63) is 71.8 Å². The maximum atomic E-state index is 3.98. The Morgan fingerprint density at radius 1 is 0.833 bits per heavy atom. The number of rotatable bonds is 5. The molecule has 2 saturated heterocycles. The van der Waals surface area contributed by atoms with Crippen LogP contribution in [0.2, 0.25) is 0 Å². The summed E-state index contributed by atoms with van der Waals surface area (Å²) in [5, 5.41) is 3.98. The summed E-state index contributed by atoms with van der Waals surface area (Å²) in [7, 11) is 0. The second-order valence-electron chi connectivity index (χ2n) is 7.42. The van der Waals surface area contributed by atoms with E-state index in [9.17, 15) is 0 Å². The zero-order valence-corrected chi connectivity index (χ0v) is 14.5. The van der Waals surface area contributed by atoms with Crippen LogP contribution in [-0.4, -0.2) is 16.6 Å². The van der Waals surface area contributed by atoms with Gasteiger partial charge in [0.2, 0.25) is 0 Å². The minimum Gasteiger partial charge on any atom is -0.295 e. The predicted octanol–water partition coefficient (Wildman–Crippen LogP) is 4.71. The molecular formula is C22H28N2. The number of nitrogens with zero attached hydrogens (tertiary/aromatic N) is 1. The number of hydrogen-bond acceptors (Lipinski definition) is 2. The highest BCUT2D eigenvalue weighted by Gasteiger charge is 2.45. The lowest BCUT2D eigenvalue weighted by Crippen LogP contribution is -2.65. The molecule has 2 aliphatic heterocycles. The summed E-state index contributed by atoms with van der Waals surface area (Å²) in [5.74, 6) is 0. The molecule has 126 valence electrons. The molecule has 0 spiro atoms. The van der Waals surface area contributed by atoms with Crippen LogP contribution in [0.5, 0.6) is 0 Å². The van der Waals surface area contributed by atoms with Crippen molar-refractivity contribution in [1.82, 2.24) is 10.2 Å². The van der Waals surface area contributed by atoms with Crippen molar-refractivity contribution in [3.63, 3.8) is 0 Å². The van der Waals surface area contributed by atoms with Crippen LogP contribution in [0.15, 0.2) is 60.7 Å². The number of hydrogen-bond donors (Lipinski definition) is 1. The van der Waals surface area contributed by atoms with Gasteiger partial charge in [-0.15, -0.1) is 0 Å². The fourth-order valence-corrected chi connectivity index (χ4v) is 4.68. The van der Waals surface area contributed by atoms with Gasteiger partial charge in [0.15, 0.2) is 0 Å². The molecule has 4 rings (SSSR count). The predicted molar refractivity (Wildman–Crippen MR) is 99.5 cm³/mol. The molecule has 2 fully saturated rings. The monoisotopic (exact) mass is 320 g/mol. The molecule has 2 nitrogen and oxygen atoms in total. The first-order valence-corrected chi connectivity index (χ1v) is 9.45. The van der Waals surface area contributed by atoms with E-state index < -0.39 is 0 Å². The Balaban J connectivity index is 1.54. The number of nitrogens with one attached hydrogen (secondary N) is 1. The average molecular weight is 320 g/mol. The summed E-state index contributed by atoms with van der Waals surface area (Å²) < 4.78 is 0. The Morgan fingerprint density at radius 2 is 1.42 bits per heavy atom. The van der Waals surface area contributed by atoms with Crippen LogP contribution in [0.4, 0.5) is 0 Å². The van der Waals surface area contributed by atoms with E-state index in [-0.39, 0.29) is 5.66 Å². The molecule has 24 heavy (non-hydrogen) atoms. The van der Waals surface area contributed by atoms with E-state index in [1.54, 1.807) is 0 Å². The van der Waals surface area contributed by atoms with Crippen molar-refractivity contribution < 1.29 is 0 Å². The molecule has 2 heteroatoms. The highest BCUT2D eigenvalue weighted by molar-refractivity contribution is 5.17. The van der Waals surface area contributed by atoms with Crippen molar-refractivity contribution in [2.45, 2.75) is 63.3 Å². The lowest BCUT2D eigenvalue weighted by molar-refractivity contribution is -0.0693. The third-order valence-corrected chi connectivity index (χ3v) is 5.91. The minimum absolute atomic E-state index is 0.187. The van der Waals surface area contributed by atoms with Gasteiger partial charge >= 0.3 is 0 Å². The molecule has 2 heterocycles. The smallest absolute Gasteiger partial charge is 0.0720 e. The van der Waals surface area contributed by atoms with Crippen molar-refractivity contribution in [1.29, 1.82) is 0 Å². The van der Waals surface area contributed by atoms with Crippen LogP contribution in [0, 0.1) is 0 Å². The first kappa shape index (κ1) is 15.9. The Kier molecular flexibility index (Phi) is 4.68. The van der Waals surface area contributed by atoms with Crippen LogP contribution in [0.3, 0.4) is 0 Å². The van der Waals surface area contributed by atoms with Crippen molar-refractivity contribution >= 4 is 0 Å². The standard InChI is InChI=1S/C22H28N2/c1-3-9-19(10-4-1)17-23-22-15-7-13-21(14-8-16-22)24(22)18-20-11-5-2-6-12-20/h1-6,9-12,21,23H,7-8,13-18H2.